The number of hydrogen-bond donors (Lipinski definition) is 0. The topological polar surface area (TPSA) is 78.9 Å². The summed E-state index contributed by atoms with van der Waals surface area (Å²) in [6.07, 6.45) is 89.4. The summed E-state index contributed by atoms with van der Waals surface area (Å²) in [4.78, 5) is 38.2. The lowest BCUT2D eigenvalue weighted by Gasteiger charge is -2.18. The SMILES string of the molecule is CC/C=C\C/C=C\C/C=C\C/C=C\C/C=C\C/C=C\CCCCCCC(=O)OCC(COC(=O)CCCCCCC/C=C\C/C=C\CCC)OC(=O)CCCCCCC/C=C\C/C=C\C/C=C\C/C=C\C/C=C\CC. The van der Waals surface area contributed by atoms with Crippen LogP contribution >= 0.6 is 0 Å². The molecule has 0 aliphatic heterocycles. The summed E-state index contributed by atoms with van der Waals surface area (Å²) in [6.45, 7) is 6.28. The Morgan fingerprint density at radius 3 is 0.813 bits per heavy atom. The van der Waals surface area contributed by atoms with Gasteiger partial charge in [-0.1, -0.05) is 237 Å². The van der Waals surface area contributed by atoms with Crippen molar-refractivity contribution in [2.45, 2.75) is 245 Å². The fraction of sp³-hybridized carbons (Fsp3) is 0.580. The molecule has 0 spiro atoms. The molecule has 0 radical (unpaired) electrons. The summed E-state index contributed by atoms with van der Waals surface area (Å²) < 4.78 is 16.8. The van der Waals surface area contributed by atoms with Crippen LogP contribution in [0.1, 0.15) is 239 Å². The third-order valence-corrected chi connectivity index (χ3v) is 12.0. The number of ether oxygens (including phenoxy) is 3. The summed E-state index contributed by atoms with van der Waals surface area (Å²) in [6, 6.07) is 0. The minimum atomic E-state index is -0.814. The average Bonchev–Trinajstić information content (AvgIpc) is 3.41. The number of allylic oxidation sites excluding steroid dienone is 26. The number of esters is 3. The van der Waals surface area contributed by atoms with E-state index in [9.17, 15) is 14.4 Å². The molecule has 0 fully saturated rings. The van der Waals surface area contributed by atoms with E-state index < -0.39 is 6.10 Å². The monoisotopic (exact) mass is 1030 g/mol. The van der Waals surface area contributed by atoms with E-state index in [0.717, 1.165) is 193 Å². The molecule has 0 saturated heterocycles. The van der Waals surface area contributed by atoms with Gasteiger partial charge in [0.1, 0.15) is 13.2 Å². The van der Waals surface area contributed by atoms with Gasteiger partial charge in [-0.05, 0) is 141 Å². The Morgan fingerprint density at radius 2 is 0.520 bits per heavy atom. The van der Waals surface area contributed by atoms with Crippen molar-refractivity contribution in [3.8, 4) is 0 Å². The van der Waals surface area contributed by atoms with E-state index in [1.165, 1.54) is 6.42 Å². The molecule has 6 heteroatoms. The molecule has 6 nitrogen and oxygen atoms in total. The molecule has 1 atom stereocenters. The summed E-state index contributed by atoms with van der Waals surface area (Å²) in [5.74, 6) is -0.973. The fourth-order valence-corrected chi connectivity index (χ4v) is 7.57. The summed E-state index contributed by atoms with van der Waals surface area (Å²) in [5, 5.41) is 0. The Bertz CT molecular complexity index is 1710. The maximum Gasteiger partial charge on any atom is 0.306 e. The first-order chi connectivity index (χ1) is 37.0. The molecule has 0 heterocycles. The van der Waals surface area contributed by atoms with Gasteiger partial charge >= 0.3 is 17.9 Å². The van der Waals surface area contributed by atoms with E-state index in [-0.39, 0.29) is 37.5 Å². The summed E-state index contributed by atoms with van der Waals surface area (Å²) >= 11 is 0. The highest BCUT2D eigenvalue weighted by Crippen LogP contribution is 2.13. The van der Waals surface area contributed by atoms with Crippen molar-refractivity contribution >= 4 is 17.9 Å². The highest BCUT2D eigenvalue weighted by molar-refractivity contribution is 5.71. The first-order valence-corrected chi connectivity index (χ1v) is 30.0. The van der Waals surface area contributed by atoms with Gasteiger partial charge in [-0.25, -0.2) is 0 Å². The van der Waals surface area contributed by atoms with Crippen LogP contribution in [0.5, 0.6) is 0 Å². The van der Waals surface area contributed by atoms with E-state index >= 15 is 0 Å². The molecule has 420 valence electrons. The molecule has 0 aromatic rings. The maximum atomic E-state index is 12.9. The minimum Gasteiger partial charge on any atom is -0.462 e. The van der Waals surface area contributed by atoms with Crippen LogP contribution in [0.25, 0.3) is 0 Å². The maximum absolute atomic E-state index is 12.9. The first kappa shape index (κ1) is 70.0. The Morgan fingerprint density at radius 1 is 0.280 bits per heavy atom. The molecule has 1 unspecified atom stereocenters. The second kappa shape index (κ2) is 61.6. The van der Waals surface area contributed by atoms with E-state index in [4.69, 9.17) is 14.2 Å². The largest absolute Gasteiger partial charge is 0.462 e. The molecule has 0 amide bonds. The molecule has 75 heavy (non-hydrogen) atoms. The van der Waals surface area contributed by atoms with Crippen molar-refractivity contribution in [2.75, 3.05) is 13.2 Å². The van der Waals surface area contributed by atoms with Crippen molar-refractivity contribution < 1.29 is 28.6 Å². The molecule has 0 bridgehead atoms. The van der Waals surface area contributed by atoms with Crippen LogP contribution in [-0.2, 0) is 28.6 Å². The Labute approximate surface area is 460 Å². The zero-order valence-electron chi connectivity index (χ0n) is 48.0. The van der Waals surface area contributed by atoms with Crippen molar-refractivity contribution in [3.63, 3.8) is 0 Å². The third kappa shape index (κ3) is 59.8. The van der Waals surface area contributed by atoms with Crippen LogP contribution in [0.15, 0.2) is 158 Å². The summed E-state index contributed by atoms with van der Waals surface area (Å²) in [5.41, 5.74) is 0. The van der Waals surface area contributed by atoms with Gasteiger partial charge in [0.15, 0.2) is 6.10 Å². The molecule has 0 aromatic carbocycles. The molecular formula is C69H108O6. The molecule has 0 saturated carbocycles. The lowest BCUT2D eigenvalue weighted by molar-refractivity contribution is -0.167. The highest BCUT2D eigenvalue weighted by atomic mass is 16.6. The number of rotatable bonds is 52. The smallest absolute Gasteiger partial charge is 0.306 e. The van der Waals surface area contributed by atoms with E-state index in [1.807, 2.05) is 0 Å². The third-order valence-electron chi connectivity index (χ3n) is 12.0. The molecule has 0 aliphatic carbocycles. The Hall–Kier alpha value is -4.97. The highest BCUT2D eigenvalue weighted by Gasteiger charge is 2.19. The van der Waals surface area contributed by atoms with Crippen LogP contribution in [-0.4, -0.2) is 37.2 Å². The zero-order valence-corrected chi connectivity index (χ0v) is 48.0. The van der Waals surface area contributed by atoms with Gasteiger partial charge in [-0.3, -0.25) is 14.4 Å². The second-order valence-electron chi connectivity index (χ2n) is 19.1. The van der Waals surface area contributed by atoms with Crippen molar-refractivity contribution in [1.82, 2.24) is 0 Å². The van der Waals surface area contributed by atoms with Crippen LogP contribution in [0.3, 0.4) is 0 Å². The van der Waals surface area contributed by atoms with Gasteiger partial charge in [0.25, 0.3) is 0 Å². The van der Waals surface area contributed by atoms with E-state index in [2.05, 4.69) is 179 Å². The van der Waals surface area contributed by atoms with Crippen molar-refractivity contribution in [1.29, 1.82) is 0 Å². The number of carbonyl (C=O) groups excluding carboxylic acids is 3. The molecule has 0 aromatic heterocycles. The molecule has 0 N–H and O–H groups in total. The van der Waals surface area contributed by atoms with Gasteiger partial charge < -0.3 is 14.2 Å². The predicted octanol–water partition coefficient (Wildman–Crippen LogP) is 20.5. The van der Waals surface area contributed by atoms with Gasteiger partial charge in [0, 0.05) is 19.3 Å². The fourth-order valence-electron chi connectivity index (χ4n) is 7.57. The van der Waals surface area contributed by atoms with Gasteiger partial charge in [-0.2, -0.15) is 0 Å². The number of unbranched alkanes of at least 4 members (excludes halogenated alkanes) is 15. The van der Waals surface area contributed by atoms with Crippen molar-refractivity contribution in [2.24, 2.45) is 0 Å². The molecular weight excluding hydrogens is 925 g/mol. The summed E-state index contributed by atoms with van der Waals surface area (Å²) in [7, 11) is 0. The van der Waals surface area contributed by atoms with Crippen LogP contribution < -0.4 is 0 Å². The van der Waals surface area contributed by atoms with Crippen LogP contribution in [0, 0.1) is 0 Å². The lowest BCUT2D eigenvalue weighted by Crippen LogP contribution is -2.30. The van der Waals surface area contributed by atoms with Crippen molar-refractivity contribution in [3.05, 3.63) is 158 Å². The first-order valence-electron chi connectivity index (χ1n) is 30.0. The molecule has 0 aliphatic rings. The van der Waals surface area contributed by atoms with Gasteiger partial charge in [-0.15, -0.1) is 0 Å². The van der Waals surface area contributed by atoms with Gasteiger partial charge in [0.2, 0.25) is 0 Å². The number of carbonyl (C=O) groups is 3. The lowest BCUT2D eigenvalue weighted by atomic mass is 10.1. The Kier molecular flexibility index (Phi) is 57.5. The zero-order chi connectivity index (χ0) is 54.3. The number of hydrogen-bond acceptors (Lipinski definition) is 6. The Balaban J connectivity index is 4.50. The second-order valence-corrected chi connectivity index (χ2v) is 19.1. The quantitative estimate of drug-likeness (QED) is 0.0261. The minimum absolute atomic E-state index is 0.109. The standard InChI is InChI=1S/C69H108O6/c1-4-7-10-13-16-19-22-25-27-29-31-33-34-36-37-39-41-44-47-50-53-56-59-62-68(71)74-65-66(64-73-67(70)61-58-55-52-49-46-43-24-21-18-15-12-9-6-3)75-69(72)63-60-57-54-51-48-45-42-40-38-35-32-30-28-26-23-20-17-14-11-8-5-2/h7-8,10-12,15-17,19-21,24-28,31-33,35-37,40-42,44,66H,4-6,9,13-14,18,22-23,29-30,34,38-39,43,45-65H2,1-3H3/b10-7-,11-8-,15-12-,19-16-,20-17-,24-21-,27-25-,28-26-,33-31-,35-32-,37-36-,42-40-,44-41-. The molecule has 0 rings (SSSR count). The average molecular weight is 1030 g/mol. The normalized spacial score (nSPS) is 13.3. The van der Waals surface area contributed by atoms with Gasteiger partial charge in [0.05, 0.1) is 0 Å². The van der Waals surface area contributed by atoms with Crippen LogP contribution in [0.4, 0.5) is 0 Å². The predicted molar refractivity (Wildman–Crippen MR) is 325 cm³/mol. The van der Waals surface area contributed by atoms with E-state index in [1.54, 1.807) is 0 Å². The van der Waals surface area contributed by atoms with E-state index in [0.29, 0.717) is 12.8 Å². The van der Waals surface area contributed by atoms with Crippen LogP contribution in [0.2, 0.25) is 0 Å².